The van der Waals surface area contributed by atoms with Crippen molar-refractivity contribution in [2.75, 3.05) is 0 Å². The van der Waals surface area contributed by atoms with E-state index < -0.39 is 15.8 Å². The number of rotatable bonds is 6. The first-order chi connectivity index (χ1) is 19.9. The SMILES string of the molecule is [C-]#[O+].[H-].[Rh].c1ccc(P(c2ccccc2)c2ccccc2)cc1.c1ccc(P(c2ccccc2)c2ccccc2)cc1. The molecule has 0 saturated heterocycles. The van der Waals surface area contributed by atoms with Crippen LogP contribution in [0.2, 0.25) is 0 Å². The van der Waals surface area contributed by atoms with Crippen LogP contribution in [-0.4, -0.2) is 0 Å². The van der Waals surface area contributed by atoms with Gasteiger partial charge in [-0.2, -0.15) is 0 Å². The van der Waals surface area contributed by atoms with Crippen LogP contribution in [0.4, 0.5) is 0 Å². The van der Waals surface area contributed by atoms with E-state index >= 15 is 0 Å². The van der Waals surface area contributed by atoms with Gasteiger partial charge in [0.25, 0.3) is 0 Å². The molecule has 0 aliphatic carbocycles. The van der Waals surface area contributed by atoms with E-state index in [2.05, 4.69) is 189 Å². The van der Waals surface area contributed by atoms with E-state index in [1.54, 1.807) is 0 Å². The van der Waals surface area contributed by atoms with Gasteiger partial charge in [0.2, 0.25) is 0 Å². The van der Waals surface area contributed by atoms with Crippen LogP contribution in [0.5, 0.6) is 0 Å². The molecule has 205 valence electrons. The van der Waals surface area contributed by atoms with Crippen molar-refractivity contribution in [3.8, 4) is 0 Å². The van der Waals surface area contributed by atoms with Crippen LogP contribution in [0.25, 0.3) is 0 Å². The van der Waals surface area contributed by atoms with Crippen molar-refractivity contribution in [2.24, 2.45) is 0 Å². The van der Waals surface area contributed by atoms with Crippen molar-refractivity contribution in [1.29, 1.82) is 0 Å². The Labute approximate surface area is 260 Å². The van der Waals surface area contributed by atoms with E-state index in [0.29, 0.717) is 0 Å². The second-order valence-electron chi connectivity index (χ2n) is 8.68. The minimum absolute atomic E-state index is 0. The van der Waals surface area contributed by atoms with E-state index in [-0.39, 0.29) is 20.9 Å². The summed E-state index contributed by atoms with van der Waals surface area (Å²) in [6.45, 7) is 4.50. The molecule has 1 radical (unpaired) electrons. The van der Waals surface area contributed by atoms with Gasteiger partial charge in [0, 0.05) is 19.5 Å². The molecule has 0 saturated carbocycles. The zero-order valence-corrected chi connectivity index (χ0v) is 25.9. The predicted octanol–water partition coefficient (Wildman–Crippen LogP) is 6.96. The predicted molar refractivity (Wildman–Crippen MR) is 175 cm³/mol. The molecule has 0 amide bonds. The van der Waals surface area contributed by atoms with Crippen LogP contribution in [-0.2, 0) is 24.1 Å². The Hall–Kier alpha value is -3.46. The molecule has 6 rings (SSSR count). The Morgan fingerprint density at radius 1 is 0.293 bits per heavy atom. The van der Waals surface area contributed by atoms with Crippen molar-refractivity contribution in [2.45, 2.75) is 0 Å². The standard InChI is InChI=1S/2C18H15P.CO.Rh.H/c2*1-4-10-16(11-5-1)19(17-12-6-2-7-13-17)18-14-8-3-9-15-18;1-2;;/h2*1-15H;;;/q;;;;-1. The second-order valence-corrected chi connectivity index (χ2v) is 13.1. The molecule has 0 heterocycles. The normalized spacial score (nSPS) is 9.85. The Kier molecular flexibility index (Phi) is 14.1. The van der Waals surface area contributed by atoms with E-state index in [1.807, 2.05) is 0 Å². The van der Waals surface area contributed by atoms with Gasteiger partial charge >= 0.3 is 11.3 Å². The molecule has 0 fully saturated rings. The van der Waals surface area contributed by atoms with Crippen molar-refractivity contribution in [1.82, 2.24) is 0 Å². The molecule has 0 atom stereocenters. The molecule has 6 aromatic carbocycles. The minimum atomic E-state index is -0.446. The summed E-state index contributed by atoms with van der Waals surface area (Å²) in [4.78, 5) is 0. The molecule has 0 N–H and O–H groups in total. The molecule has 41 heavy (non-hydrogen) atoms. The summed E-state index contributed by atoms with van der Waals surface area (Å²) in [6, 6.07) is 64.7. The van der Waals surface area contributed by atoms with E-state index in [1.165, 1.54) is 31.8 Å². The molecular formula is C37H31OP2Rh-. The van der Waals surface area contributed by atoms with Gasteiger partial charge < -0.3 is 1.43 Å². The molecule has 0 bridgehead atoms. The van der Waals surface area contributed by atoms with Crippen LogP contribution in [0.3, 0.4) is 0 Å². The summed E-state index contributed by atoms with van der Waals surface area (Å²) in [6.07, 6.45) is 0. The van der Waals surface area contributed by atoms with Gasteiger partial charge in [-0.05, 0) is 47.7 Å². The summed E-state index contributed by atoms with van der Waals surface area (Å²) in [5.74, 6) is 0. The number of hydrogen-bond donors (Lipinski definition) is 0. The fraction of sp³-hybridized carbons (Fsp3) is 0. The average molecular weight is 657 g/mol. The van der Waals surface area contributed by atoms with Gasteiger partial charge in [-0.1, -0.05) is 182 Å². The Bertz CT molecular complexity index is 1230. The average Bonchev–Trinajstić information content (AvgIpc) is 3.06. The first-order valence-electron chi connectivity index (χ1n) is 13.0. The van der Waals surface area contributed by atoms with Crippen molar-refractivity contribution in [3.63, 3.8) is 0 Å². The van der Waals surface area contributed by atoms with Gasteiger partial charge in [0.15, 0.2) is 0 Å². The quantitative estimate of drug-likeness (QED) is 0.0800. The zero-order valence-electron chi connectivity index (χ0n) is 23.5. The summed E-state index contributed by atoms with van der Waals surface area (Å²) in [5, 5.41) is 8.39. The monoisotopic (exact) mass is 656 g/mol. The Morgan fingerprint density at radius 3 is 0.537 bits per heavy atom. The maximum Gasteiger partial charge on any atom is 0 e. The smallest absolute Gasteiger partial charge is 0 e. The van der Waals surface area contributed by atoms with Crippen molar-refractivity contribution in [3.05, 3.63) is 189 Å². The van der Waals surface area contributed by atoms with Crippen LogP contribution in [0, 0.1) is 6.65 Å². The molecular weight excluding hydrogens is 625 g/mol. The fourth-order valence-corrected chi connectivity index (χ4v) is 8.97. The maximum absolute atomic E-state index is 7.50. The molecule has 0 aliphatic heterocycles. The van der Waals surface area contributed by atoms with Gasteiger partial charge in [-0.3, -0.25) is 0 Å². The minimum Gasteiger partial charge on any atom is -1.00 e. The molecule has 4 heteroatoms. The first kappa shape index (κ1) is 32.1. The summed E-state index contributed by atoms with van der Waals surface area (Å²) < 4.78 is 7.50. The molecule has 6 aromatic rings. The van der Waals surface area contributed by atoms with Gasteiger partial charge in [0.1, 0.15) is 0 Å². The number of hydrogen-bond acceptors (Lipinski definition) is 0. The first-order valence-corrected chi connectivity index (χ1v) is 15.7. The summed E-state index contributed by atoms with van der Waals surface area (Å²) in [7, 11) is -0.892. The van der Waals surface area contributed by atoms with E-state index in [4.69, 9.17) is 4.65 Å². The van der Waals surface area contributed by atoms with Gasteiger partial charge in [0.05, 0.1) is 0 Å². The fourth-order valence-electron chi connectivity index (χ4n) is 4.36. The van der Waals surface area contributed by atoms with Crippen LogP contribution < -0.4 is 31.8 Å². The van der Waals surface area contributed by atoms with Crippen LogP contribution in [0.15, 0.2) is 182 Å². The Morgan fingerprint density at radius 2 is 0.415 bits per heavy atom. The van der Waals surface area contributed by atoms with E-state index in [0.717, 1.165) is 0 Å². The third kappa shape index (κ3) is 9.28. The third-order valence-corrected chi connectivity index (χ3v) is 11.0. The summed E-state index contributed by atoms with van der Waals surface area (Å²) >= 11 is 0. The van der Waals surface area contributed by atoms with Gasteiger partial charge in [-0.15, -0.1) is 0 Å². The molecule has 0 aliphatic rings. The zero-order chi connectivity index (χ0) is 27.8. The largest absolute Gasteiger partial charge is 1.00 e. The number of benzene rings is 6. The maximum atomic E-state index is 7.50. The molecule has 0 aromatic heterocycles. The van der Waals surface area contributed by atoms with Gasteiger partial charge in [-0.25, -0.2) is 0 Å². The van der Waals surface area contributed by atoms with Crippen LogP contribution >= 0.6 is 15.8 Å². The second kappa shape index (κ2) is 18.1. The summed E-state index contributed by atoms with van der Waals surface area (Å²) in [5.41, 5.74) is 0. The van der Waals surface area contributed by atoms with Crippen molar-refractivity contribution >= 4 is 47.7 Å². The Balaban J connectivity index is 0.000000265. The molecule has 0 unspecified atom stereocenters. The van der Waals surface area contributed by atoms with E-state index in [9.17, 15) is 0 Å². The van der Waals surface area contributed by atoms with Crippen molar-refractivity contribution < 1.29 is 25.6 Å². The topological polar surface area (TPSA) is 19.9 Å². The molecule has 1 nitrogen and oxygen atoms in total. The van der Waals surface area contributed by atoms with Crippen LogP contribution in [0.1, 0.15) is 1.43 Å². The third-order valence-electron chi connectivity index (χ3n) is 6.09. The molecule has 0 spiro atoms.